The molecule has 0 aliphatic carbocycles. The molecule has 0 aliphatic heterocycles. The Bertz CT molecular complexity index is 294. The summed E-state index contributed by atoms with van der Waals surface area (Å²) in [7, 11) is -3.13. The van der Waals surface area contributed by atoms with E-state index in [1.54, 1.807) is 0 Å². The summed E-state index contributed by atoms with van der Waals surface area (Å²) in [6, 6.07) is -0.0208. The molecule has 0 aliphatic rings. The lowest BCUT2D eigenvalue weighted by Gasteiger charge is -2.35. The molecular weight excluding hydrogens is 210 g/mol. The van der Waals surface area contributed by atoms with E-state index < -0.39 is 10.0 Å². The van der Waals surface area contributed by atoms with Crippen molar-refractivity contribution in [3.05, 3.63) is 0 Å². The maximum absolute atomic E-state index is 11.3. The molecule has 0 rings (SSSR count). The van der Waals surface area contributed by atoms with Crippen molar-refractivity contribution in [3.8, 4) is 0 Å². The highest BCUT2D eigenvalue weighted by Crippen LogP contribution is 2.30. The monoisotopic (exact) mass is 235 g/mol. The van der Waals surface area contributed by atoms with Crippen molar-refractivity contribution in [3.63, 3.8) is 0 Å². The summed E-state index contributed by atoms with van der Waals surface area (Å²) in [6.45, 7) is 12.5. The first-order valence-corrected chi connectivity index (χ1v) is 7.18. The van der Waals surface area contributed by atoms with Crippen LogP contribution >= 0.6 is 0 Å². The van der Waals surface area contributed by atoms with Gasteiger partial charge in [0.2, 0.25) is 10.0 Å². The largest absolute Gasteiger partial charge is 0.213 e. The van der Waals surface area contributed by atoms with Crippen molar-refractivity contribution >= 4 is 10.0 Å². The first-order valence-electron chi connectivity index (χ1n) is 5.28. The third kappa shape index (κ3) is 7.79. The highest BCUT2D eigenvalue weighted by atomic mass is 32.2. The predicted molar refractivity (Wildman–Crippen MR) is 65.3 cm³/mol. The van der Waals surface area contributed by atoms with E-state index in [0.29, 0.717) is 0 Å². The van der Waals surface area contributed by atoms with Gasteiger partial charge in [0.05, 0.1) is 6.26 Å². The van der Waals surface area contributed by atoms with Gasteiger partial charge in [0, 0.05) is 6.04 Å². The SMILES string of the molecule is CC(C)(C)CC(NS(C)(=O)=O)C(C)(C)C. The van der Waals surface area contributed by atoms with Crippen LogP contribution in [0, 0.1) is 10.8 Å². The molecule has 0 aromatic carbocycles. The number of rotatable bonds is 3. The Morgan fingerprint density at radius 2 is 1.47 bits per heavy atom. The van der Waals surface area contributed by atoms with Crippen molar-refractivity contribution in [1.82, 2.24) is 4.72 Å². The molecule has 0 saturated heterocycles. The van der Waals surface area contributed by atoms with Gasteiger partial charge in [0.1, 0.15) is 0 Å². The summed E-state index contributed by atoms with van der Waals surface area (Å²) in [4.78, 5) is 0. The third-order valence-electron chi connectivity index (χ3n) is 2.22. The van der Waals surface area contributed by atoms with Crippen molar-refractivity contribution < 1.29 is 8.42 Å². The Balaban J connectivity index is 4.78. The van der Waals surface area contributed by atoms with Crippen LogP contribution in [0.15, 0.2) is 0 Å². The quantitative estimate of drug-likeness (QED) is 0.816. The van der Waals surface area contributed by atoms with Crippen LogP contribution < -0.4 is 4.72 Å². The van der Waals surface area contributed by atoms with Crippen LogP contribution in [0.5, 0.6) is 0 Å². The Labute approximate surface area is 94.7 Å². The third-order valence-corrected chi connectivity index (χ3v) is 2.93. The van der Waals surface area contributed by atoms with Crippen LogP contribution in [0.1, 0.15) is 48.0 Å². The summed E-state index contributed by atoms with van der Waals surface area (Å²) in [5, 5.41) is 0. The molecule has 0 aromatic rings. The van der Waals surface area contributed by atoms with Gasteiger partial charge in [0.25, 0.3) is 0 Å². The Hall–Kier alpha value is -0.0900. The highest BCUT2D eigenvalue weighted by Gasteiger charge is 2.30. The molecule has 1 N–H and O–H groups in total. The minimum atomic E-state index is -3.13. The van der Waals surface area contributed by atoms with Crippen molar-refractivity contribution in [1.29, 1.82) is 0 Å². The van der Waals surface area contributed by atoms with Gasteiger partial charge in [-0.3, -0.25) is 0 Å². The van der Waals surface area contributed by atoms with Gasteiger partial charge < -0.3 is 0 Å². The zero-order valence-electron chi connectivity index (χ0n) is 11.0. The van der Waals surface area contributed by atoms with Gasteiger partial charge >= 0.3 is 0 Å². The fourth-order valence-electron chi connectivity index (χ4n) is 1.40. The maximum Gasteiger partial charge on any atom is 0.208 e. The van der Waals surface area contributed by atoms with Gasteiger partial charge in [-0.15, -0.1) is 0 Å². The number of nitrogens with one attached hydrogen (secondary N) is 1. The number of hydrogen-bond acceptors (Lipinski definition) is 2. The summed E-state index contributed by atoms with van der Waals surface area (Å²) >= 11 is 0. The van der Waals surface area contributed by atoms with Gasteiger partial charge in [-0.1, -0.05) is 41.5 Å². The standard InChI is InChI=1S/C11H25NO2S/c1-10(2,3)8-9(11(4,5)6)12-15(7,13)14/h9,12H,8H2,1-7H3. The second-order valence-corrected chi connectivity index (χ2v) is 8.35. The first-order chi connectivity index (χ1) is 6.31. The molecule has 0 fully saturated rings. The van der Waals surface area contributed by atoms with Crippen LogP contribution in [0.3, 0.4) is 0 Å². The van der Waals surface area contributed by atoms with E-state index in [1.807, 2.05) is 0 Å². The summed E-state index contributed by atoms with van der Waals surface area (Å²) in [5.74, 6) is 0. The van der Waals surface area contributed by atoms with Gasteiger partial charge in [-0.25, -0.2) is 13.1 Å². The Kier molecular flexibility index (Phi) is 4.39. The Morgan fingerprint density at radius 1 is 1.07 bits per heavy atom. The molecule has 3 nitrogen and oxygen atoms in total. The Morgan fingerprint density at radius 3 is 1.67 bits per heavy atom. The zero-order chi connectivity index (χ0) is 12.5. The van der Waals surface area contributed by atoms with Gasteiger partial charge in [-0.05, 0) is 17.3 Å². The van der Waals surface area contributed by atoms with E-state index in [2.05, 4.69) is 46.3 Å². The van der Waals surface area contributed by atoms with Gasteiger partial charge in [-0.2, -0.15) is 0 Å². The normalized spacial score (nSPS) is 16.5. The zero-order valence-corrected chi connectivity index (χ0v) is 11.8. The molecule has 0 bridgehead atoms. The molecule has 0 spiro atoms. The van der Waals surface area contributed by atoms with Crippen LogP contribution in [0.2, 0.25) is 0 Å². The molecule has 92 valence electrons. The van der Waals surface area contributed by atoms with Crippen molar-refractivity contribution in [2.24, 2.45) is 10.8 Å². The van der Waals surface area contributed by atoms with E-state index in [0.717, 1.165) is 6.42 Å². The lowest BCUT2D eigenvalue weighted by atomic mass is 9.77. The predicted octanol–water partition coefficient (Wildman–Crippen LogP) is 2.39. The van der Waals surface area contributed by atoms with E-state index in [-0.39, 0.29) is 16.9 Å². The average Bonchev–Trinajstić information content (AvgIpc) is 1.75. The fourth-order valence-corrected chi connectivity index (χ4v) is 2.35. The molecular formula is C11H25NO2S. The lowest BCUT2D eigenvalue weighted by Crippen LogP contribution is -2.45. The van der Waals surface area contributed by atoms with Crippen LogP contribution in [-0.2, 0) is 10.0 Å². The second-order valence-electron chi connectivity index (χ2n) is 6.57. The van der Waals surface area contributed by atoms with Crippen molar-refractivity contribution in [2.75, 3.05) is 6.26 Å². The van der Waals surface area contributed by atoms with Crippen LogP contribution in [-0.4, -0.2) is 20.7 Å². The second kappa shape index (κ2) is 4.42. The van der Waals surface area contributed by atoms with Crippen molar-refractivity contribution in [2.45, 2.75) is 54.0 Å². The number of sulfonamides is 1. The lowest BCUT2D eigenvalue weighted by molar-refractivity contribution is 0.216. The molecule has 4 heteroatoms. The molecule has 0 heterocycles. The molecule has 1 unspecified atom stereocenters. The van der Waals surface area contributed by atoms with E-state index >= 15 is 0 Å². The summed E-state index contributed by atoms with van der Waals surface area (Å²) in [6.07, 6.45) is 2.05. The number of hydrogen-bond donors (Lipinski definition) is 1. The molecule has 1 atom stereocenters. The van der Waals surface area contributed by atoms with E-state index in [9.17, 15) is 8.42 Å². The summed E-state index contributed by atoms with van der Waals surface area (Å²) in [5.41, 5.74) is 0.0615. The van der Waals surface area contributed by atoms with Gasteiger partial charge in [0.15, 0.2) is 0 Å². The van der Waals surface area contributed by atoms with Crippen LogP contribution in [0.25, 0.3) is 0 Å². The molecule has 0 aromatic heterocycles. The van der Waals surface area contributed by atoms with E-state index in [1.165, 1.54) is 6.26 Å². The fraction of sp³-hybridized carbons (Fsp3) is 1.00. The first kappa shape index (κ1) is 14.9. The minimum Gasteiger partial charge on any atom is -0.213 e. The van der Waals surface area contributed by atoms with Crippen LogP contribution in [0.4, 0.5) is 0 Å². The topological polar surface area (TPSA) is 46.2 Å². The minimum absolute atomic E-state index is 0.0208. The molecule has 15 heavy (non-hydrogen) atoms. The van der Waals surface area contributed by atoms with E-state index in [4.69, 9.17) is 0 Å². The average molecular weight is 235 g/mol. The summed E-state index contributed by atoms with van der Waals surface area (Å²) < 4.78 is 25.3. The molecule has 0 amide bonds. The smallest absolute Gasteiger partial charge is 0.208 e. The molecule has 0 radical (unpaired) electrons. The highest BCUT2D eigenvalue weighted by molar-refractivity contribution is 7.88. The maximum atomic E-state index is 11.3. The molecule has 0 saturated carbocycles.